The first-order valence-electron chi connectivity index (χ1n) is 5.74. The van der Waals surface area contributed by atoms with Crippen molar-refractivity contribution in [3.63, 3.8) is 0 Å². The molecule has 1 aromatic rings. The quantitative estimate of drug-likeness (QED) is 0.810. The van der Waals surface area contributed by atoms with E-state index in [0.717, 1.165) is 13.0 Å². The number of rotatable bonds is 3. The van der Waals surface area contributed by atoms with E-state index >= 15 is 0 Å². The fourth-order valence-electron chi connectivity index (χ4n) is 2.62. The van der Waals surface area contributed by atoms with Crippen LogP contribution in [0.2, 0.25) is 0 Å². The van der Waals surface area contributed by atoms with Gasteiger partial charge in [0.05, 0.1) is 0 Å². The lowest BCUT2D eigenvalue weighted by Gasteiger charge is -2.17. The highest BCUT2D eigenvalue weighted by atomic mass is 19.1. The summed E-state index contributed by atoms with van der Waals surface area (Å²) in [6.45, 7) is 0.797. The predicted molar refractivity (Wildman–Crippen MR) is 60.0 cm³/mol. The van der Waals surface area contributed by atoms with Gasteiger partial charge in [0.1, 0.15) is 5.82 Å². The lowest BCUT2D eigenvalue weighted by Crippen LogP contribution is -2.20. The van der Waals surface area contributed by atoms with Gasteiger partial charge in [0.15, 0.2) is 0 Å². The number of halogens is 1. The second kappa shape index (κ2) is 4.75. The molecule has 0 radical (unpaired) electrons. The molecule has 2 rings (SSSR count). The van der Waals surface area contributed by atoms with E-state index in [1.54, 1.807) is 12.1 Å². The molecule has 1 saturated carbocycles. The van der Waals surface area contributed by atoms with Crippen molar-refractivity contribution in [2.45, 2.75) is 25.7 Å². The SMILES string of the molecule is NCC1CCCC1Cc1ccc(F)cc1. The lowest BCUT2D eigenvalue weighted by molar-refractivity contribution is 0.394. The van der Waals surface area contributed by atoms with Crippen molar-refractivity contribution >= 4 is 0 Å². The molecule has 0 bridgehead atoms. The minimum Gasteiger partial charge on any atom is -0.330 e. The Morgan fingerprint density at radius 3 is 2.47 bits per heavy atom. The third kappa shape index (κ3) is 2.57. The Morgan fingerprint density at radius 2 is 1.80 bits per heavy atom. The monoisotopic (exact) mass is 207 g/mol. The molecule has 0 saturated heterocycles. The van der Waals surface area contributed by atoms with E-state index < -0.39 is 0 Å². The molecule has 82 valence electrons. The summed E-state index contributed by atoms with van der Waals surface area (Å²) in [5.74, 6) is 1.23. The van der Waals surface area contributed by atoms with Crippen molar-refractivity contribution in [3.8, 4) is 0 Å². The zero-order valence-electron chi connectivity index (χ0n) is 8.95. The van der Waals surface area contributed by atoms with Gasteiger partial charge in [-0.2, -0.15) is 0 Å². The number of hydrogen-bond acceptors (Lipinski definition) is 1. The molecule has 2 heteroatoms. The zero-order valence-corrected chi connectivity index (χ0v) is 8.95. The van der Waals surface area contributed by atoms with Gasteiger partial charge in [0, 0.05) is 0 Å². The fraction of sp³-hybridized carbons (Fsp3) is 0.538. The Labute approximate surface area is 90.5 Å². The van der Waals surface area contributed by atoms with Crippen LogP contribution in [-0.2, 0) is 6.42 Å². The van der Waals surface area contributed by atoms with Gasteiger partial charge in [-0.25, -0.2) is 4.39 Å². The summed E-state index contributed by atoms with van der Waals surface area (Å²) in [6.07, 6.45) is 4.90. The van der Waals surface area contributed by atoms with E-state index in [1.807, 2.05) is 12.1 Å². The third-order valence-corrected chi connectivity index (χ3v) is 3.53. The van der Waals surface area contributed by atoms with Crippen molar-refractivity contribution in [1.29, 1.82) is 0 Å². The maximum Gasteiger partial charge on any atom is 0.123 e. The summed E-state index contributed by atoms with van der Waals surface area (Å²) < 4.78 is 12.7. The maximum absolute atomic E-state index is 12.7. The molecule has 1 aromatic carbocycles. The van der Waals surface area contributed by atoms with E-state index in [-0.39, 0.29) is 5.82 Å². The number of nitrogens with two attached hydrogens (primary N) is 1. The minimum atomic E-state index is -0.152. The molecular formula is C13H18FN. The second-order valence-corrected chi connectivity index (χ2v) is 4.52. The molecule has 0 aliphatic heterocycles. The lowest BCUT2D eigenvalue weighted by atomic mass is 9.90. The van der Waals surface area contributed by atoms with Crippen LogP contribution in [0.15, 0.2) is 24.3 Å². The van der Waals surface area contributed by atoms with Gasteiger partial charge in [0.25, 0.3) is 0 Å². The summed E-state index contributed by atoms with van der Waals surface area (Å²) in [4.78, 5) is 0. The predicted octanol–water partition coefficient (Wildman–Crippen LogP) is 2.74. The second-order valence-electron chi connectivity index (χ2n) is 4.52. The highest BCUT2D eigenvalue weighted by molar-refractivity contribution is 5.17. The van der Waals surface area contributed by atoms with Gasteiger partial charge in [0.2, 0.25) is 0 Å². The molecular weight excluding hydrogens is 189 g/mol. The van der Waals surface area contributed by atoms with E-state index in [1.165, 1.54) is 24.8 Å². The Balaban J connectivity index is 1.99. The Hall–Kier alpha value is -0.890. The first-order valence-corrected chi connectivity index (χ1v) is 5.74. The maximum atomic E-state index is 12.7. The molecule has 2 unspecified atom stereocenters. The molecule has 2 N–H and O–H groups in total. The van der Waals surface area contributed by atoms with Crippen LogP contribution < -0.4 is 5.73 Å². The first kappa shape index (κ1) is 10.6. The Kier molecular flexibility index (Phi) is 3.37. The molecule has 1 aliphatic rings. The number of hydrogen-bond donors (Lipinski definition) is 1. The van der Waals surface area contributed by atoms with Crippen LogP contribution in [0.5, 0.6) is 0 Å². The molecule has 0 amide bonds. The van der Waals surface area contributed by atoms with E-state index in [2.05, 4.69) is 0 Å². The van der Waals surface area contributed by atoms with E-state index in [9.17, 15) is 4.39 Å². The molecule has 0 heterocycles. The van der Waals surface area contributed by atoms with E-state index in [0.29, 0.717) is 11.8 Å². The van der Waals surface area contributed by atoms with Gasteiger partial charge in [-0.1, -0.05) is 18.6 Å². The highest BCUT2D eigenvalue weighted by Gasteiger charge is 2.25. The van der Waals surface area contributed by atoms with Gasteiger partial charge in [-0.05, 0) is 55.3 Å². The molecule has 1 nitrogen and oxygen atoms in total. The van der Waals surface area contributed by atoms with Gasteiger partial charge >= 0.3 is 0 Å². The van der Waals surface area contributed by atoms with Gasteiger partial charge in [-0.3, -0.25) is 0 Å². The van der Waals surface area contributed by atoms with Gasteiger partial charge < -0.3 is 5.73 Å². The van der Waals surface area contributed by atoms with Crippen LogP contribution in [0, 0.1) is 17.7 Å². The molecule has 0 spiro atoms. The minimum absolute atomic E-state index is 0.152. The molecule has 0 aromatic heterocycles. The van der Waals surface area contributed by atoms with Crippen molar-refractivity contribution in [2.24, 2.45) is 17.6 Å². The third-order valence-electron chi connectivity index (χ3n) is 3.53. The van der Waals surface area contributed by atoms with Crippen molar-refractivity contribution in [3.05, 3.63) is 35.6 Å². The van der Waals surface area contributed by atoms with Crippen LogP contribution in [-0.4, -0.2) is 6.54 Å². The highest BCUT2D eigenvalue weighted by Crippen LogP contribution is 2.33. The summed E-state index contributed by atoms with van der Waals surface area (Å²) in [6, 6.07) is 6.87. The summed E-state index contributed by atoms with van der Waals surface area (Å²) in [5, 5.41) is 0. The fourth-order valence-corrected chi connectivity index (χ4v) is 2.62. The standard InChI is InChI=1S/C13H18FN/c14-13-6-4-10(5-7-13)8-11-2-1-3-12(11)9-15/h4-7,11-12H,1-3,8-9,15H2. The topological polar surface area (TPSA) is 26.0 Å². The molecule has 15 heavy (non-hydrogen) atoms. The average molecular weight is 207 g/mol. The normalized spacial score (nSPS) is 25.7. The van der Waals surface area contributed by atoms with Crippen LogP contribution in [0.25, 0.3) is 0 Å². The Morgan fingerprint density at radius 1 is 1.13 bits per heavy atom. The van der Waals surface area contributed by atoms with Crippen LogP contribution in [0.1, 0.15) is 24.8 Å². The van der Waals surface area contributed by atoms with Crippen LogP contribution in [0.3, 0.4) is 0 Å². The molecule has 1 fully saturated rings. The average Bonchev–Trinajstić information content (AvgIpc) is 2.69. The van der Waals surface area contributed by atoms with Gasteiger partial charge in [-0.15, -0.1) is 0 Å². The Bertz CT molecular complexity index is 307. The summed E-state index contributed by atoms with van der Waals surface area (Å²) in [5.41, 5.74) is 6.98. The number of benzene rings is 1. The van der Waals surface area contributed by atoms with Crippen LogP contribution >= 0.6 is 0 Å². The van der Waals surface area contributed by atoms with Crippen molar-refractivity contribution < 1.29 is 4.39 Å². The molecule has 1 aliphatic carbocycles. The molecule has 2 atom stereocenters. The van der Waals surface area contributed by atoms with Crippen LogP contribution in [0.4, 0.5) is 4.39 Å². The van der Waals surface area contributed by atoms with E-state index in [4.69, 9.17) is 5.73 Å². The first-order chi connectivity index (χ1) is 7.29. The summed E-state index contributed by atoms with van der Waals surface area (Å²) >= 11 is 0. The zero-order chi connectivity index (χ0) is 10.7. The smallest absolute Gasteiger partial charge is 0.123 e. The van der Waals surface area contributed by atoms with Crippen molar-refractivity contribution in [1.82, 2.24) is 0 Å². The van der Waals surface area contributed by atoms with Crippen molar-refractivity contribution in [2.75, 3.05) is 6.54 Å². The summed E-state index contributed by atoms with van der Waals surface area (Å²) in [7, 11) is 0. The largest absolute Gasteiger partial charge is 0.330 e.